The van der Waals surface area contributed by atoms with Gasteiger partial charge in [-0.2, -0.15) is 0 Å². The first-order valence-electron chi connectivity index (χ1n) is 4.04. The molecular weight excluding hydrogens is 140 g/mol. The van der Waals surface area contributed by atoms with Crippen molar-refractivity contribution in [3.05, 3.63) is 0 Å². The molecule has 66 valence electrons. The molecule has 0 fully saturated rings. The molecule has 0 heterocycles. The highest BCUT2D eigenvalue weighted by atomic mass is 16.1. The maximum Gasteiger partial charge on any atom is 0.221 e. The Balaban J connectivity index is 3.31. The molecule has 11 heavy (non-hydrogen) atoms. The average molecular weight is 158 g/mol. The number of hydrogen-bond acceptors (Lipinski definition) is 2. The molecule has 0 aliphatic rings. The predicted octanol–water partition coefficient (Wildman–Crippen LogP) is 0.353. The van der Waals surface area contributed by atoms with E-state index in [2.05, 4.69) is 19.2 Å². The molecule has 1 unspecified atom stereocenters. The number of nitrogens with one attached hydrogen (secondary N) is 1. The highest BCUT2D eigenvalue weighted by Crippen LogP contribution is 1.91. The molecule has 0 aromatic heterocycles. The molecule has 3 nitrogen and oxygen atoms in total. The fraction of sp³-hybridized carbons (Fsp3) is 0.875. The van der Waals surface area contributed by atoms with Crippen molar-refractivity contribution in [1.82, 2.24) is 5.32 Å². The highest BCUT2D eigenvalue weighted by Gasteiger charge is 2.06. The second-order valence-electron chi connectivity index (χ2n) is 3.36. The molecule has 0 spiro atoms. The lowest BCUT2D eigenvalue weighted by Crippen LogP contribution is -2.32. The van der Waals surface area contributed by atoms with Crippen molar-refractivity contribution in [3.63, 3.8) is 0 Å². The molecule has 1 atom stereocenters. The third kappa shape index (κ3) is 5.85. The predicted molar refractivity (Wildman–Crippen MR) is 46.1 cm³/mol. The zero-order chi connectivity index (χ0) is 8.85. The molecule has 0 aromatic rings. The molecule has 0 radical (unpaired) electrons. The summed E-state index contributed by atoms with van der Waals surface area (Å²) in [6.07, 6.45) is 0. The molecule has 3 N–H and O–H groups in total. The molecule has 0 aliphatic heterocycles. The minimum Gasteiger partial charge on any atom is -0.369 e. The largest absolute Gasteiger partial charge is 0.369 e. The van der Waals surface area contributed by atoms with Crippen LogP contribution in [-0.4, -0.2) is 19.0 Å². The Bertz CT molecular complexity index is 123. The summed E-state index contributed by atoms with van der Waals surface area (Å²) in [5, 5.41) is 3.17. The van der Waals surface area contributed by atoms with E-state index in [1.165, 1.54) is 0 Å². The summed E-state index contributed by atoms with van der Waals surface area (Å²) in [4.78, 5) is 10.6. The number of carbonyl (C=O) groups is 1. The van der Waals surface area contributed by atoms with E-state index >= 15 is 0 Å². The van der Waals surface area contributed by atoms with Crippen molar-refractivity contribution in [3.8, 4) is 0 Å². The number of primary amides is 1. The topological polar surface area (TPSA) is 55.1 Å². The zero-order valence-electron chi connectivity index (χ0n) is 7.55. The number of nitrogens with two attached hydrogens (primary N) is 1. The second kappa shape index (κ2) is 5.13. The van der Waals surface area contributed by atoms with Gasteiger partial charge in [0.25, 0.3) is 0 Å². The van der Waals surface area contributed by atoms with E-state index in [4.69, 9.17) is 5.73 Å². The molecule has 0 saturated heterocycles. The van der Waals surface area contributed by atoms with Gasteiger partial charge in [-0.3, -0.25) is 4.79 Å². The van der Waals surface area contributed by atoms with Gasteiger partial charge in [0.05, 0.1) is 0 Å². The van der Waals surface area contributed by atoms with Crippen LogP contribution in [0.5, 0.6) is 0 Å². The lowest BCUT2D eigenvalue weighted by atomic mass is 10.1. The number of amides is 1. The Morgan fingerprint density at radius 2 is 1.91 bits per heavy atom. The monoisotopic (exact) mass is 158 g/mol. The zero-order valence-corrected chi connectivity index (χ0v) is 7.55. The van der Waals surface area contributed by atoms with Crippen LogP contribution in [0.2, 0.25) is 0 Å². The SMILES string of the molecule is CC(C)CNCC(C)C(N)=O. The van der Waals surface area contributed by atoms with Crippen LogP contribution < -0.4 is 11.1 Å². The Kier molecular flexibility index (Phi) is 4.86. The Hall–Kier alpha value is -0.570. The fourth-order valence-electron chi connectivity index (χ4n) is 0.689. The van der Waals surface area contributed by atoms with E-state index < -0.39 is 0 Å². The summed E-state index contributed by atoms with van der Waals surface area (Å²) in [6, 6.07) is 0. The molecule has 0 aromatic carbocycles. The maximum atomic E-state index is 10.6. The van der Waals surface area contributed by atoms with E-state index in [9.17, 15) is 4.79 Å². The van der Waals surface area contributed by atoms with Gasteiger partial charge in [0.2, 0.25) is 5.91 Å². The van der Waals surface area contributed by atoms with Gasteiger partial charge < -0.3 is 11.1 Å². The summed E-state index contributed by atoms with van der Waals surface area (Å²) in [7, 11) is 0. The summed E-state index contributed by atoms with van der Waals surface area (Å²) < 4.78 is 0. The lowest BCUT2D eigenvalue weighted by molar-refractivity contribution is -0.121. The minimum atomic E-state index is -0.235. The van der Waals surface area contributed by atoms with Crippen molar-refractivity contribution in [2.45, 2.75) is 20.8 Å². The number of rotatable bonds is 5. The molecule has 3 heteroatoms. The van der Waals surface area contributed by atoms with E-state index in [0.717, 1.165) is 6.54 Å². The van der Waals surface area contributed by atoms with Crippen LogP contribution in [0.1, 0.15) is 20.8 Å². The fourth-order valence-corrected chi connectivity index (χ4v) is 0.689. The van der Waals surface area contributed by atoms with Crippen LogP contribution in [0.3, 0.4) is 0 Å². The quantitative estimate of drug-likeness (QED) is 0.606. The molecule has 0 bridgehead atoms. The van der Waals surface area contributed by atoms with Crippen LogP contribution >= 0.6 is 0 Å². The van der Waals surface area contributed by atoms with Gasteiger partial charge in [0, 0.05) is 12.5 Å². The van der Waals surface area contributed by atoms with Gasteiger partial charge in [-0.15, -0.1) is 0 Å². The first-order valence-corrected chi connectivity index (χ1v) is 4.04. The van der Waals surface area contributed by atoms with Crippen LogP contribution in [0.15, 0.2) is 0 Å². The van der Waals surface area contributed by atoms with Gasteiger partial charge in [-0.05, 0) is 12.5 Å². The standard InChI is InChI=1S/C8H18N2O/c1-6(2)4-10-5-7(3)8(9)11/h6-7,10H,4-5H2,1-3H3,(H2,9,11). The van der Waals surface area contributed by atoms with Crippen LogP contribution in [-0.2, 0) is 4.79 Å². The highest BCUT2D eigenvalue weighted by molar-refractivity contribution is 5.76. The summed E-state index contributed by atoms with van der Waals surface area (Å²) in [6.45, 7) is 7.71. The molecule has 0 aliphatic carbocycles. The first-order chi connectivity index (χ1) is 5.04. The maximum absolute atomic E-state index is 10.6. The van der Waals surface area contributed by atoms with E-state index in [1.807, 2.05) is 6.92 Å². The normalized spacial score (nSPS) is 13.5. The number of hydrogen-bond donors (Lipinski definition) is 2. The summed E-state index contributed by atoms with van der Waals surface area (Å²) in [5.74, 6) is 0.324. The molecule has 0 rings (SSSR count). The van der Waals surface area contributed by atoms with Crippen molar-refractivity contribution in [2.75, 3.05) is 13.1 Å². The van der Waals surface area contributed by atoms with Crippen molar-refractivity contribution < 1.29 is 4.79 Å². The van der Waals surface area contributed by atoms with Crippen molar-refractivity contribution >= 4 is 5.91 Å². The Morgan fingerprint density at radius 3 is 2.27 bits per heavy atom. The summed E-state index contributed by atoms with van der Waals surface area (Å²) in [5.41, 5.74) is 5.07. The van der Waals surface area contributed by atoms with Gasteiger partial charge in [0.1, 0.15) is 0 Å². The average Bonchev–Trinajstić information content (AvgIpc) is 1.86. The van der Waals surface area contributed by atoms with Crippen LogP contribution in [0.4, 0.5) is 0 Å². The third-order valence-electron chi connectivity index (χ3n) is 1.49. The van der Waals surface area contributed by atoms with Crippen LogP contribution in [0, 0.1) is 11.8 Å². The van der Waals surface area contributed by atoms with E-state index in [0.29, 0.717) is 12.5 Å². The van der Waals surface area contributed by atoms with Gasteiger partial charge in [0.15, 0.2) is 0 Å². The van der Waals surface area contributed by atoms with Gasteiger partial charge >= 0.3 is 0 Å². The minimum absolute atomic E-state index is 0.0613. The van der Waals surface area contributed by atoms with Crippen molar-refractivity contribution in [2.24, 2.45) is 17.6 Å². The van der Waals surface area contributed by atoms with E-state index in [1.54, 1.807) is 0 Å². The first kappa shape index (κ1) is 10.4. The van der Waals surface area contributed by atoms with Gasteiger partial charge in [-0.1, -0.05) is 20.8 Å². The van der Waals surface area contributed by atoms with Crippen molar-refractivity contribution in [1.29, 1.82) is 0 Å². The second-order valence-corrected chi connectivity index (χ2v) is 3.36. The molecule has 0 saturated carbocycles. The van der Waals surface area contributed by atoms with E-state index in [-0.39, 0.29) is 11.8 Å². The smallest absolute Gasteiger partial charge is 0.221 e. The number of carbonyl (C=O) groups excluding carboxylic acids is 1. The lowest BCUT2D eigenvalue weighted by Gasteiger charge is -2.10. The Labute approximate surface area is 68.3 Å². The molecular formula is C8H18N2O. The Morgan fingerprint density at radius 1 is 1.36 bits per heavy atom. The van der Waals surface area contributed by atoms with Gasteiger partial charge in [-0.25, -0.2) is 0 Å². The molecule has 1 amide bonds. The third-order valence-corrected chi connectivity index (χ3v) is 1.49. The van der Waals surface area contributed by atoms with Crippen LogP contribution in [0.25, 0.3) is 0 Å². The summed E-state index contributed by atoms with van der Waals surface area (Å²) >= 11 is 0.